The van der Waals surface area contributed by atoms with Crippen LogP contribution < -0.4 is 5.32 Å². The summed E-state index contributed by atoms with van der Waals surface area (Å²) in [5.41, 5.74) is 1.75. The van der Waals surface area contributed by atoms with Crippen LogP contribution in [0, 0.1) is 6.92 Å². The molecule has 0 unspecified atom stereocenters. The van der Waals surface area contributed by atoms with Crippen LogP contribution in [-0.4, -0.2) is 10.9 Å². The quantitative estimate of drug-likeness (QED) is 0.789. The van der Waals surface area contributed by atoms with Gasteiger partial charge < -0.3 is 5.32 Å². The molecule has 19 heavy (non-hydrogen) atoms. The summed E-state index contributed by atoms with van der Waals surface area (Å²) in [7, 11) is 0. The number of hydrogen-bond acceptors (Lipinski definition) is 2. The number of nitrogens with one attached hydrogen (secondary N) is 1. The van der Waals surface area contributed by atoms with Crippen LogP contribution in [0.5, 0.6) is 0 Å². The van der Waals surface area contributed by atoms with Gasteiger partial charge >= 0.3 is 0 Å². The van der Waals surface area contributed by atoms with Crippen LogP contribution in [0.25, 0.3) is 0 Å². The molecule has 0 saturated heterocycles. The van der Waals surface area contributed by atoms with Crippen molar-refractivity contribution in [1.82, 2.24) is 4.98 Å². The molecule has 0 bridgehead atoms. The van der Waals surface area contributed by atoms with E-state index in [1.807, 2.05) is 6.92 Å². The molecule has 6 heteroatoms. The van der Waals surface area contributed by atoms with E-state index in [1.165, 1.54) is 0 Å². The van der Waals surface area contributed by atoms with Crippen LogP contribution in [0.15, 0.2) is 35.1 Å². The van der Waals surface area contributed by atoms with Gasteiger partial charge in [-0.1, -0.05) is 23.2 Å². The fourth-order valence-corrected chi connectivity index (χ4v) is 2.35. The van der Waals surface area contributed by atoms with Crippen molar-refractivity contribution in [1.29, 1.82) is 0 Å². The van der Waals surface area contributed by atoms with Crippen molar-refractivity contribution in [2.75, 3.05) is 5.32 Å². The van der Waals surface area contributed by atoms with Crippen LogP contribution in [0.1, 0.15) is 15.9 Å². The van der Waals surface area contributed by atoms with Gasteiger partial charge in [0.15, 0.2) is 0 Å². The highest BCUT2D eigenvalue weighted by Crippen LogP contribution is 2.29. The van der Waals surface area contributed by atoms with Crippen LogP contribution in [0.3, 0.4) is 0 Å². The lowest BCUT2D eigenvalue weighted by Crippen LogP contribution is -2.13. The second kappa shape index (κ2) is 5.90. The Morgan fingerprint density at radius 3 is 2.74 bits per heavy atom. The summed E-state index contributed by atoms with van der Waals surface area (Å²) in [5.74, 6) is -0.304. The number of carbonyl (C=O) groups excluding carboxylic acids is 1. The first-order valence-corrected chi connectivity index (χ1v) is 6.91. The molecule has 1 amide bonds. The minimum Gasteiger partial charge on any atom is -0.320 e. The van der Waals surface area contributed by atoms with Gasteiger partial charge in [-0.25, -0.2) is 4.98 Å². The number of rotatable bonds is 2. The normalized spacial score (nSPS) is 10.3. The summed E-state index contributed by atoms with van der Waals surface area (Å²) in [6.45, 7) is 1.84. The lowest BCUT2D eigenvalue weighted by atomic mass is 10.2. The molecule has 0 fully saturated rings. The van der Waals surface area contributed by atoms with Gasteiger partial charge in [0.25, 0.3) is 5.91 Å². The topological polar surface area (TPSA) is 42.0 Å². The van der Waals surface area contributed by atoms with E-state index in [0.29, 0.717) is 25.9 Å². The smallest absolute Gasteiger partial charge is 0.258 e. The Balaban J connectivity index is 2.30. The third-order valence-electron chi connectivity index (χ3n) is 2.50. The Bertz CT molecular complexity index is 647. The lowest BCUT2D eigenvalue weighted by molar-refractivity contribution is 0.102. The number of halogens is 3. The summed E-state index contributed by atoms with van der Waals surface area (Å²) in [6, 6.07) is 6.68. The summed E-state index contributed by atoms with van der Waals surface area (Å²) in [5, 5.41) is 3.70. The van der Waals surface area contributed by atoms with Crippen molar-refractivity contribution in [3.05, 3.63) is 56.2 Å². The second-order valence-electron chi connectivity index (χ2n) is 3.88. The van der Waals surface area contributed by atoms with E-state index in [2.05, 4.69) is 26.2 Å². The van der Waals surface area contributed by atoms with Gasteiger partial charge in [-0.05, 0) is 52.7 Å². The minimum absolute atomic E-state index is 0.304. The first-order chi connectivity index (χ1) is 8.99. The molecule has 1 aromatic heterocycles. The molecule has 0 aliphatic carbocycles. The average molecular weight is 360 g/mol. The zero-order valence-corrected chi connectivity index (χ0v) is 13.0. The number of anilines is 1. The Hall–Kier alpha value is -1.10. The average Bonchev–Trinajstić information content (AvgIpc) is 2.36. The van der Waals surface area contributed by atoms with Gasteiger partial charge in [0.05, 0.1) is 16.3 Å². The van der Waals surface area contributed by atoms with Gasteiger partial charge in [0, 0.05) is 11.2 Å². The standard InChI is InChI=1S/C13H9BrCl2N2O/c1-7-5-10(16)11(6-9(7)15)18-13(19)8-3-2-4-17-12(8)14/h2-6H,1H3,(H,18,19). The third kappa shape index (κ3) is 3.26. The number of nitrogens with zero attached hydrogens (tertiary/aromatic N) is 1. The number of pyridine rings is 1. The SMILES string of the molecule is Cc1cc(Cl)c(NC(=O)c2cccnc2Br)cc1Cl. The zero-order chi connectivity index (χ0) is 14.0. The van der Waals surface area contributed by atoms with E-state index in [-0.39, 0.29) is 5.91 Å². The molecular formula is C13H9BrCl2N2O. The molecule has 0 atom stereocenters. The second-order valence-corrected chi connectivity index (χ2v) is 5.44. The van der Waals surface area contributed by atoms with Crippen LogP contribution in [-0.2, 0) is 0 Å². The highest BCUT2D eigenvalue weighted by molar-refractivity contribution is 9.10. The summed E-state index contributed by atoms with van der Waals surface area (Å²) >= 11 is 15.3. The van der Waals surface area contributed by atoms with Crippen LogP contribution in [0.4, 0.5) is 5.69 Å². The highest BCUT2D eigenvalue weighted by atomic mass is 79.9. The summed E-state index contributed by atoms with van der Waals surface area (Å²) < 4.78 is 0.474. The predicted molar refractivity (Wildman–Crippen MR) is 81.1 cm³/mol. The fraction of sp³-hybridized carbons (Fsp3) is 0.0769. The monoisotopic (exact) mass is 358 g/mol. The molecule has 0 saturated carbocycles. The predicted octanol–water partition coefficient (Wildman–Crippen LogP) is 4.71. The zero-order valence-electron chi connectivity index (χ0n) is 9.88. The minimum atomic E-state index is -0.304. The Morgan fingerprint density at radius 2 is 2.05 bits per heavy atom. The number of amides is 1. The lowest BCUT2D eigenvalue weighted by Gasteiger charge is -2.10. The van der Waals surface area contributed by atoms with Crippen molar-refractivity contribution in [3.63, 3.8) is 0 Å². The van der Waals surface area contributed by atoms with Gasteiger partial charge in [-0.15, -0.1) is 0 Å². The first-order valence-electron chi connectivity index (χ1n) is 5.36. The van der Waals surface area contributed by atoms with E-state index >= 15 is 0 Å². The van der Waals surface area contributed by atoms with E-state index in [0.717, 1.165) is 5.56 Å². The largest absolute Gasteiger partial charge is 0.320 e. The molecule has 2 aromatic rings. The van der Waals surface area contributed by atoms with Gasteiger partial charge in [-0.3, -0.25) is 4.79 Å². The number of hydrogen-bond donors (Lipinski definition) is 1. The third-order valence-corrected chi connectivity index (χ3v) is 3.85. The summed E-state index contributed by atoms with van der Waals surface area (Å²) in [6.07, 6.45) is 1.59. The van der Waals surface area contributed by atoms with Crippen LogP contribution >= 0.6 is 39.1 Å². The molecule has 1 aromatic carbocycles. The van der Waals surface area contributed by atoms with Crippen molar-refractivity contribution in [3.8, 4) is 0 Å². The number of carbonyl (C=O) groups is 1. The molecule has 98 valence electrons. The maximum absolute atomic E-state index is 12.1. The molecule has 1 heterocycles. The fourth-order valence-electron chi connectivity index (χ4n) is 1.49. The van der Waals surface area contributed by atoms with E-state index in [1.54, 1.807) is 30.5 Å². The van der Waals surface area contributed by atoms with E-state index in [4.69, 9.17) is 23.2 Å². The number of aromatic nitrogens is 1. The molecular weight excluding hydrogens is 351 g/mol. The van der Waals surface area contributed by atoms with Crippen LogP contribution in [0.2, 0.25) is 10.0 Å². The molecule has 0 aliphatic heterocycles. The first kappa shape index (κ1) is 14.3. The molecule has 3 nitrogen and oxygen atoms in total. The summed E-state index contributed by atoms with van der Waals surface area (Å²) in [4.78, 5) is 16.1. The highest BCUT2D eigenvalue weighted by Gasteiger charge is 2.13. The van der Waals surface area contributed by atoms with Gasteiger partial charge in [0.1, 0.15) is 4.60 Å². The molecule has 0 spiro atoms. The Kier molecular flexibility index (Phi) is 4.45. The molecule has 0 aliphatic rings. The molecule has 1 N–H and O–H groups in total. The number of benzene rings is 1. The molecule has 2 rings (SSSR count). The van der Waals surface area contributed by atoms with Crippen molar-refractivity contribution >= 4 is 50.7 Å². The van der Waals surface area contributed by atoms with Crippen molar-refractivity contribution in [2.45, 2.75) is 6.92 Å². The Labute approximate surface area is 129 Å². The maximum atomic E-state index is 12.1. The van der Waals surface area contributed by atoms with E-state index < -0.39 is 0 Å². The number of aryl methyl sites for hydroxylation is 1. The van der Waals surface area contributed by atoms with E-state index in [9.17, 15) is 4.79 Å². The van der Waals surface area contributed by atoms with Gasteiger partial charge in [-0.2, -0.15) is 0 Å². The van der Waals surface area contributed by atoms with Crippen molar-refractivity contribution < 1.29 is 4.79 Å². The Morgan fingerprint density at radius 1 is 1.32 bits per heavy atom. The van der Waals surface area contributed by atoms with Crippen molar-refractivity contribution in [2.24, 2.45) is 0 Å². The van der Waals surface area contributed by atoms with Gasteiger partial charge in [0.2, 0.25) is 0 Å². The molecule has 0 radical (unpaired) electrons. The maximum Gasteiger partial charge on any atom is 0.258 e.